The summed E-state index contributed by atoms with van der Waals surface area (Å²) in [5, 5.41) is 3.21. The molecule has 0 bridgehead atoms. The van der Waals surface area contributed by atoms with Gasteiger partial charge in [0, 0.05) is 4.70 Å². The lowest BCUT2D eigenvalue weighted by Gasteiger charge is -2.11. The minimum absolute atomic E-state index is 0.248. The maximum atomic E-state index is 13.2. The highest BCUT2D eigenvalue weighted by Gasteiger charge is 2.13. The van der Waals surface area contributed by atoms with E-state index < -0.39 is 0 Å². The van der Waals surface area contributed by atoms with Gasteiger partial charge in [0.25, 0.3) is 0 Å². The number of nitrogens with two attached hydrogens (primary N) is 1. The molecule has 3 heteroatoms. The maximum Gasteiger partial charge on any atom is 0.123 e. The van der Waals surface area contributed by atoms with Gasteiger partial charge in [-0.2, -0.15) is 0 Å². The predicted octanol–water partition coefficient (Wildman–Crippen LogP) is 4.09. The summed E-state index contributed by atoms with van der Waals surface area (Å²) in [5.74, 6) is -0.248. The summed E-state index contributed by atoms with van der Waals surface area (Å²) in [4.78, 5) is 0. The number of fused-ring (bicyclic) bond motifs is 1. The molecule has 3 aromatic rings. The standard InChI is InChI=1S/C15H12FNS/c16-11-5-3-4-10(8-11)15(17)13-9-18-14-7-2-1-6-12(13)14/h1-9,15H,17H2. The highest BCUT2D eigenvalue weighted by Crippen LogP contribution is 2.32. The Labute approximate surface area is 109 Å². The van der Waals surface area contributed by atoms with Crippen LogP contribution in [-0.4, -0.2) is 0 Å². The van der Waals surface area contributed by atoms with E-state index in [4.69, 9.17) is 5.73 Å². The average Bonchev–Trinajstić information content (AvgIpc) is 2.82. The third-order valence-electron chi connectivity index (χ3n) is 3.05. The molecule has 1 nitrogen and oxygen atoms in total. The van der Waals surface area contributed by atoms with Gasteiger partial charge in [0.05, 0.1) is 6.04 Å². The molecule has 0 aliphatic rings. The summed E-state index contributed by atoms with van der Waals surface area (Å²) in [7, 11) is 0. The van der Waals surface area contributed by atoms with Crippen molar-refractivity contribution in [2.24, 2.45) is 5.73 Å². The zero-order chi connectivity index (χ0) is 12.5. The van der Waals surface area contributed by atoms with E-state index in [9.17, 15) is 4.39 Å². The molecule has 1 unspecified atom stereocenters. The molecular weight excluding hydrogens is 245 g/mol. The normalized spacial score (nSPS) is 12.8. The van der Waals surface area contributed by atoms with Gasteiger partial charge < -0.3 is 5.73 Å². The van der Waals surface area contributed by atoms with Crippen molar-refractivity contribution in [1.29, 1.82) is 0 Å². The molecular formula is C15H12FNS. The number of benzene rings is 2. The smallest absolute Gasteiger partial charge is 0.123 e. The van der Waals surface area contributed by atoms with Crippen LogP contribution >= 0.6 is 11.3 Å². The van der Waals surface area contributed by atoms with Crippen molar-refractivity contribution in [2.75, 3.05) is 0 Å². The van der Waals surface area contributed by atoms with Crippen LogP contribution in [0.15, 0.2) is 53.9 Å². The third kappa shape index (κ3) is 1.92. The lowest BCUT2D eigenvalue weighted by Crippen LogP contribution is -2.11. The number of thiophene rings is 1. The minimum Gasteiger partial charge on any atom is -0.320 e. The molecule has 0 aliphatic heterocycles. The molecule has 0 radical (unpaired) electrons. The summed E-state index contributed by atoms with van der Waals surface area (Å²) < 4.78 is 14.4. The molecule has 2 aromatic carbocycles. The van der Waals surface area contributed by atoms with E-state index in [0.29, 0.717) is 0 Å². The summed E-state index contributed by atoms with van der Waals surface area (Å²) in [5.41, 5.74) is 8.10. The van der Waals surface area contributed by atoms with Gasteiger partial charge in [-0.05, 0) is 40.1 Å². The molecule has 1 atom stereocenters. The first-order valence-electron chi connectivity index (χ1n) is 5.73. The van der Waals surface area contributed by atoms with Gasteiger partial charge in [0.15, 0.2) is 0 Å². The van der Waals surface area contributed by atoms with Crippen LogP contribution in [0, 0.1) is 5.82 Å². The molecule has 18 heavy (non-hydrogen) atoms. The monoisotopic (exact) mass is 257 g/mol. The lowest BCUT2D eigenvalue weighted by molar-refractivity contribution is 0.624. The molecule has 0 spiro atoms. The second-order valence-corrected chi connectivity index (χ2v) is 5.13. The van der Waals surface area contributed by atoms with Crippen LogP contribution in [0.3, 0.4) is 0 Å². The van der Waals surface area contributed by atoms with Crippen LogP contribution in [0.2, 0.25) is 0 Å². The van der Waals surface area contributed by atoms with Crippen LogP contribution in [0.1, 0.15) is 17.2 Å². The quantitative estimate of drug-likeness (QED) is 0.735. The van der Waals surface area contributed by atoms with Crippen LogP contribution in [0.25, 0.3) is 10.1 Å². The number of hydrogen-bond acceptors (Lipinski definition) is 2. The van der Waals surface area contributed by atoms with Crippen LogP contribution < -0.4 is 5.73 Å². The van der Waals surface area contributed by atoms with E-state index in [2.05, 4.69) is 17.5 Å². The van der Waals surface area contributed by atoms with E-state index in [1.54, 1.807) is 17.4 Å². The van der Waals surface area contributed by atoms with E-state index in [1.165, 1.54) is 16.8 Å². The molecule has 0 saturated carbocycles. The zero-order valence-electron chi connectivity index (χ0n) is 9.64. The number of rotatable bonds is 2. The Hall–Kier alpha value is -1.71. The largest absolute Gasteiger partial charge is 0.320 e. The fourth-order valence-corrected chi connectivity index (χ4v) is 3.12. The van der Waals surface area contributed by atoms with Gasteiger partial charge in [-0.25, -0.2) is 4.39 Å². The summed E-state index contributed by atoms with van der Waals surface area (Å²) >= 11 is 1.67. The van der Waals surface area contributed by atoms with Crippen molar-refractivity contribution in [2.45, 2.75) is 6.04 Å². The summed E-state index contributed by atoms with van der Waals surface area (Å²) in [6.07, 6.45) is 0. The SMILES string of the molecule is NC(c1cccc(F)c1)c1csc2ccccc12. The van der Waals surface area contributed by atoms with Gasteiger partial charge in [-0.1, -0.05) is 30.3 Å². The molecule has 2 N–H and O–H groups in total. The molecule has 0 amide bonds. The number of hydrogen-bond donors (Lipinski definition) is 1. The Morgan fingerprint density at radius 3 is 2.72 bits per heavy atom. The van der Waals surface area contributed by atoms with Crippen molar-refractivity contribution in [1.82, 2.24) is 0 Å². The first-order valence-corrected chi connectivity index (χ1v) is 6.61. The topological polar surface area (TPSA) is 26.0 Å². The zero-order valence-corrected chi connectivity index (χ0v) is 10.5. The Morgan fingerprint density at radius 2 is 1.89 bits per heavy atom. The highest BCUT2D eigenvalue weighted by atomic mass is 32.1. The molecule has 0 aliphatic carbocycles. The molecule has 1 aromatic heterocycles. The first-order chi connectivity index (χ1) is 8.75. The van der Waals surface area contributed by atoms with E-state index in [0.717, 1.165) is 16.5 Å². The second-order valence-electron chi connectivity index (χ2n) is 4.22. The van der Waals surface area contributed by atoms with E-state index in [1.807, 2.05) is 18.2 Å². The van der Waals surface area contributed by atoms with Crippen molar-refractivity contribution in [3.8, 4) is 0 Å². The predicted molar refractivity (Wildman–Crippen MR) is 74.3 cm³/mol. The van der Waals surface area contributed by atoms with Crippen LogP contribution in [0.5, 0.6) is 0 Å². The maximum absolute atomic E-state index is 13.2. The Bertz CT molecular complexity index is 690. The van der Waals surface area contributed by atoms with Crippen molar-refractivity contribution in [3.05, 3.63) is 70.9 Å². The molecule has 1 heterocycles. The lowest BCUT2D eigenvalue weighted by atomic mass is 9.99. The summed E-state index contributed by atoms with van der Waals surface area (Å²) in [6.45, 7) is 0. The Kier molecular flexibility index (Phi) is 2.86. The first kappa shape index (κ1) is 11.4. The number of halogens is 1. The van der Waals surface area contributed by atoms with E-state index >= 15 is 0 Å². The van der Waals surface area contributed by atoms with Crippen LogP contribution in [0.4, 0.5) is 4.39 Å². The van der Waals surface area contributed by atoms with Gasteiger partial charge in [-0.3, -0.25) is 0 Å². The average molecular weight is 257 g/mol. The van der Waals surface area contributed by atoms with Crippen molar-refractivity contribution >= 4 is 21.4 Å². The van der Waals surface area contributed by atoms with Gasteiger partial charge in [0.1, 0.15) is 5.82 Å². The summed E-state index contributed by atoms with van der Waals surface area (Å²) in [6, 6.07) is 14.3. The van der Waals surface area contributed by atoms with E-state index in [-0.39, 0.29) is 11.9 Å². The molecule has 0 fully saturated rings. The molecule has 90 valence electrons. The highest BCUT2D eigenvalue weighted by molar-refractivity contribution is 7.17. The molecule has 3 rings (SSSR count). The molecule has 0 saturated heterocycles. The van der Waals surface area contributed by atoms with Gasteiger partial charge in [0.2, 0.25) is 0 Å². The van der Waals surface area contributed by atoms with Crippen LogP contribution in [-0.2, 0) is 0 Å². The van der Waals surface area contributed by atoms with Gasteiger partial charge >= 0.3 is 0 Å². The fourth-order valence-electron chi connectivity index (χ4n) is 2.12. The van der Waals surface area contributed by atoms with Gasteiger partial charge in [-0.15, -0.1) is 11.3 Å². The Morgan fingerprint density at radius 1 is 1.06 bits per heavy atom. The third-order valence-corrected chi connectivity index (χ3v) is 4.04. The fraction of sp³-hybridized carbons (Fsp3) is 0.0667. The van der Waals surface area contributed by atoms with Crippen molar-refractivity contribution < 1.29 is 4.39 Å². The van der Waals surface area contributed by atoms with Crippen molar-refractivity contribution in [3.63, 3.8) is 0 Å². The second kappa shape index (κ2) is 4.52. The minimum atomic E-state index is -0.281. The Balaban J connectivity index is 2.09.